The number of aryl methyl sites for hydroxylation is 2. The van der Waals surface area contributed by atoms with Gasteiger partial charge in [0.2, 0.25) is 0 Å². The molecule has 3 aromatic rings. The summed E-state index contributed by atoms with van der Waals surface area (Å²) in [4.78, 5) is 11.7. The van der Waals surface area contributed by atoms with Crippen molar-refractivity contribution in [3.05, 3.63) is 82.2 Å². The molecule has 0 N–H and O–H groups in total. The van der Waals surface area contributed by atoms with Crippen molar-refractivity contribution < 1.29 is 0 Å². The van der Waals surface area contributed by atoms with Crippen LogP contribution in [-0.4, -0.2) is 39.6 Å². The smallest absolute Gasteiger partial charge is 0.0949 e. The van der Waals surface area contributed by atoms with Crippen LogP contribution in [0.15, 0.2) is 49.1 Å². The van der Waals surface area contributed by atoms with Gasteiger partial charge in [0.05, 0.1) is 17.7 Å². The minimum absolute atomic E-state index is 0.307. The first-order valence-corrected chi connectivity index (χ1v) is 11.6. The number of rotatable bonds is 4. The fourth-order valence-electron chi connectivity index (χ4n) is 5.19. The number of allylic oxidation sites excluding steroid dienone is 1. The van der Waals surface area contributed by atoms with E-state index in [4.69, 9.17) is 16.6 Å². The van der Waals surface area contributed by atoms with Crippen LogP contribution in [-0.2, 0) is 6.54 Å². The van der Waals surface area contributed by atoms with Gasteiger partial charge in [-0.3, -0.25) is 4.98 Å². The van der Waals surface area contributed by atoms with Crippen molar-refractivity contribution in [2.75, 3.05) is 20.1 Å². The van der Waals surface area contributed by atoms with Gasteiger partial charge in [-0.1, -0.05) is 23.7 Å². The standard InChI is InChI=1S/C26H29ClN4/c1-18-16-31(17-29-18)13-9-20-14-21-4-3-10-28-26(21)25(19-7-11-30(2)12-8-19)23-6-5-22(27)15-24(20)23/h3-6,10,14-17,19,25H,7-9,11-13H2,1-2H3. The molecular weight excluding hydrogens is 404 g/mol. The van der Waals surface area contributed by atoms with Crippen molar-refractivity contribution in [3.63, 3.8) is 0 Å². The number of benzene rings is 1. The van der Waals surface area contributed by atoms with Gasteiger partial charge in [-0.15, -0.1) is 0 Å². The fourth-order valence-corrected chi connectivity index (χ4v) is 5.36. The highest BCUT2D eigenvalue weighted by atomic mass is 35.5. The monoisotopic (exact) mass is 432 g/mol. The average Bonchev–Trinajstić information content (AvgIpc) is 3.13. The van der Waals surface area contributed by atoms with Crippen molar-refractivity contribution in [1.82, 2.24) is 19.4 Å². The van der Waals surface area contributed by atoms with E-state index in [9.17, 15) is 0 Å². The van der Waals surface area contributed by atoms with Crippen LogP contribution < -0.4 is 0 Å². The van der Waals surface area contributed by atoms with Crippen LogP contribution in [0.2, 0.25) is 5.02 Å². The number of piperidine rings is 1. The summed E-state index contributed by atoms with van der Waals surface area (Å²) >= 11 is 6.51. The van der Waals surface area contributed by atoms with Crippen molar-refractivity contribution in [3.8, 4) is 0 Å². The molecule has 0 radical (unpaired) electrons. The third-order valence-corrected chi connectivity index (χ3v) is 7.06. The predicted molar refractivity (Wildman–Crippen MR) is 127 cm³/mol. The maximum absolute atomic E-state index is 6.51. The van der Waals surface area contributed by atoms with E-state index in [0.717, 1.165) is 36.8 Å². The molecule has 1 unspecified atom stereocenters. The molecule has 1 atom stereocenters. The number of pyridine rings is 1. The molecule has 31 heavy (non-hydrogen) atoms. The quantitative estimate of drug-likeness (QED) is 0.533. The van der Waals surface area contributed by atoms with Gasteiger partial charge >= 0.3 is 0 Å². The number of likely N-dealkylation sites (tertiary alicyclic amines) is 1. The number of hydrogen-bond donors (Lipinski definition) is 0. The maximum atomic E-state index is 6.51. The number of imidazole rings is 1. The Balaban J connectivity index is 1.58. The highest BCUT2D eigenvalue weighted by molar-refractivity contribution is 6.30. The predicted octanol–water partition coefficient (Wildman–Crippen LogP) is 5.66. The van der Waals surface area contributed by atoms with Crippen LogP contribution in [0.25, 0.3) is 11.6 Å². The zero-order chi connectivity index (χ0) is 21.4. The van der Waals surface area contributed by atoms with Gasteiger partial charge in [-0.25, -0.2) is 4.98 Å². The maximum Gasteiger partial charge on any atom is 0.0949 e. The number of hydrogen-bond acceptors (Lipinski definition) is 3. The second-order valence-corrected chi connectivity index (χ2v) is 9.44. The number of nitrogens with zero attached hydrogens (tertiary/aromatic N) is 4. The van der Waals surface area contributed by atoms with Gasteiger partial charge in [-0.05, 0) is 98.8 Å². The Morgan fingerprint density at radius 1 is 1.13 bits per heavy atom. The second kappa shape index (κ2) is 8.60. The summed E-state index contributed by atoms with van der Waals surface area (Å²) in [6, 6.07) is 10.7. The largest absolute Gasteiger partial charge is 0.337 e. The first kappa shape index (κ1) is 20.5. The van der Waals surface area contributed by atoms with Crippen LogP contribution >= 0.6 is 11.6 Å². The van der Waals surface area contributed by atoms with Gasteiger partial charge in [0, 0.05) is 29.9 Å². The molecule has 4 nitrogen and oxygen atoms in total. The molecule has 1 fully saturated rings. The Kier molecular flexibility index (Phi) is 5.68. The van der Waals surface area contributed by atoms with Gasteiger partial charge < -0.3 is 9.47 Å². The van der Waals surface area contributed by atoms with E-state index in [2.05, 4.69) is 58.0 Å². The lowest BCUT2D eigenvalue weighted by Gasteiger charge is -2.35. The Morgan fingerprint density at radius 3 is 2.74 bits per heavy atom. The van der Waals surface area contributed by atoms with E-state index >= 15 is 0 Å². The minimum atomic E-state index is 0.307. The highest BCUT2D eigenvalue weighted by Gasteiger charge is 2.33. The summed E-state index contributed by atoms with van der Waals surface area (Å²) in [5.74, 6) is 0.898. The van der Waals surface area contributed by atoms with E-state index < -0.39 is 0 Å². The zero-order valence-corrected chi connectivity index (χ0v) is 19.0. The molecule has 160 valence electrons. The van der Waals surface area contributed by atoms with Crippen LogP contribution in [0.1, 0.15) is 53.3 Å². The van der Waals surface area contributed by atoms with E-state index in [1.54, 1.807) is 0 Å². The van der Waals surface area contributed by atoms with E-state index in [0.29, 0.717) is 11.8 Å². The summed E-state index contributed by atoms with van der Waals surface area (Å²) in [7, 11) is 2.22. The fraction of sp³-hybridized carbons (Fsp3) is 0.385. The average molecular weight is 433 g/mol. The van der Waals surface area contributed by atoms with Gasteiger partial charge in [0.25, 0.3) is 0 Å². The van der Waals surface area contributed by atoms with Crippen molar-refractivity contribution in [2.45, 2.75) is 38.6 Å². The summed E-state index contributed by atoms with van der Waals surface area (Å²) in [5, 5.41) is 0.796. The van der Waals surface area contributed by atoms with Crippen molar-refractivity contribution >= 4 is 23.3 Å². The Bertz CT molecular complexity index is 1110. The van der Waals surface area contributed by atoms with Gasteiger partial charge in [0.15, 0.2) is 0 Å². The molecule has 0 saturated carbocycles. The Labute approximate surface area is 189 Å². The summed E-state index contributed by atoms with van der Waals surface area (Å²) in [6.45, 7) is 5.22. The first-order chi connectivity index (χ1) is 15.1. The van der Waals surface area contributed by atoms with E-state index in [1.807, 2.05) is 25.5 Å². The van der Waals surface area contributed by atoms with E-state index in [1.165, 1.54) is 40.8 Å². The third kappa shape index (κ3) is 4.19. The second-order valence-electron chi connectivity index (χ2n) is 9.00. The molecule has 1 aromatic carbocycles. The number of aromatic nitrogens is 3. The first-order valence-electron chi connectivity index (χ1n) is 11.2. The minimum Gasteiger partial charge on any atom is -0.337 e. The molecule has 1 aliphatic heterocycles. The van der Waals surface area contributed by atoms with E-state index in [-0.39, 0.29) is 0 Å². The molecule has 3 heterocycles. The topological polar surface area (TPSA) is 34.0 Å². The molecule has 0 amide bonds. The lowest BCUT2D eigenvalue weighted by atomic mass is 9.76. The molecule has 0 bridgehead atoms. The summed E-state index contributed by atoms with van der Waals surface area (Å²) in [5.41, 5.74) is 7.50. The molecule has 0 spiro atoms. The number of fused-ring (bicyclic) bond motifs is 2. The highest BCUT2D eigenvalue weighted by Crippen LogP contribution is 2.45. The molecular formula is C26H29ClN4. The molecule has 1 aliphatic carbocycles. The molecule has 5 heteroatoms. The molecule has 5 rings (SSSR count). The molecule has 2 aromatic heterocycles. The number of halogens is 1. The van der Waals surface area contributed by atoms with Crippen LogP contribution in [0.3, 0.4) is 0 Å². The molecule has 2 aliphatic rings. The third-order valence-electron chi connectivity index (χ3n) is 6.83. The normalized spacial score (nSPS) is 19.5. The Hall–Kier alpha value is -2.43. The SMILES string of the molecule is Cc1cn(CCC2=Cc3cccnc3C(C3CCN(C)CC3)c3ccc(Cl)cc32)cn1. The van der Waals surface area contributed by atoms with Crippen LogP contribution in [0.4, 0.5) is 0 Å². The molecule has 1 saturated heterocycles. The lowest BCUT2D eigenvalue weighted by Crippen LogP contribution is -2.33. The van der Waals surface area contributed by atoms with Crippen LogP contribution in [0, 0.1) is 12.8 Å². The summed E-state index contributed by atoms with van der Waals surface area (Å²) in [6.07, 6.45) is 11.6. The van der Waals surface area contributed by atoms with Gasteiger partial charge in [0.1, 0.15) is 0 Å². The van der Waals surface area contributed by atoms with Crippen molar-refractivity contribution in [2.24, 2.45) is 5.92 Å². The lowest BCUT2D eigenvalue weighted by molar-refractivity contribution is 0.206. The summed E-state index contributed by atoms with van der Waals surface area (Å²) < 4.78 is 2.17. The zero-order valence-electron chi connectivity index (χ0n) is 18.3. The van der Waals surface area contributed by atoms with Gasteiger partial charge in [-0.2, -0.15) is 0 Å². The van der Waals surface area contributed by atoms with Crippen LogP contribution in [0.5, 0.6) is 0 Å². The Morgan fingerprint density at radius 2 is 1.97 bits per heavy atom. The van der Waals surface area contributed by atoms with Crippen molar-refractivity contribution in [1.29, 1.82) is 0 Å².